The molecular formula is C26H23ClFNO3. The van der Waals surface area contributed by atoms with Gasteiger partial charge in [-0.1, -0.05) is 48.0 Å². The molecule has 2 N–H and O–H groups in total. The first-order valence-corrected chi connectivity index (χ1v) is 11.0. The Morgan fingerprint density at radius 1 is 1.06 bits per heavy atom. The van der Waals surface area contributed by atoms with E-state index >= 15 is 0 Å². The van der Waals surface area contributed by atoms with Crippen molar-refractivity contribution in [1.29, 1.82) is 0 Å². The van der Waals surface area contributed by atoms with Crippen molar-refractivity contribution in [2.45, 2.75) is 31.5 Å². The third-order valence-electron chi connectivity index (χ3n) is 6.75. The molecule has 4 nitrogen and oxygen atoms in total. The van der Waals surface area contributed by atoms with Gasteiger partial charge in [-0.25, -0.2) is 4.39 Å². The number of nitrogens with zero attached hydrogens (tertiary/aromatic N) is 1. The minimum absolute atomic E-state index is 0.112. The van der Waals surface area contributed by atoms with E-state index in [1.807, 2.05) is 24.3 Å². The van der Waals surface area contributed by atoms with Crippen LogP contribution in [-0.2, 0) is 6.54 Å². The predicted octanol–water partition coefficient (Wildman–Crippen LogP) is 5.03. The number of hydrogen-bond donors (Lipinski definition) is 2. The van der Waals surface area contributed by atoms with Gasteiger partial charge >= 0.3 is 0 Å². The van der Waals surface area contributed by atoms with Gasteiger partial charge in [-0.05, 0) is 65.4 Å². The molecule has 32 heavy (non-hydrogen) atoms. The average molecular weight is 452 g/mol. The second kappa shape index (κ2) is 8.00. The molecule has 164 valence electrons. The molecule has 3 aromatic carbocycles. The maximum absolute atomic E-state index is 13.4. The van der Waals surface area contributed by atoms with Gasteiger partial charge in [0, 0.05) is 22.5 Å². The molecule has 1 heterocycles. The summed E-state index contributed by atoms with van der Waals surface area (Å²) < 4.78 is 13.4. The fourth-order valence-corrected chi connectivity index (χ4v) is 4.88. The highest BCUT2D eigenvalue weighted by atomic mass is 35.5. The van der Waals surface area contributed by atoms with Gasteiger partial charge in [0.05, 0.1) is 18.8 Å². The van der Waals surface area contributed by atoms with Gasteiger partial charge in [-0.15, -0.1) is 0 Å². The molecule has 1 fully saturated rings. The lowest BCUT2D eigenvalue weighted by molar-refractivity contribution is 0.0480. The number of carbonyl (C=O) groups is 1. The van der Waals surface area contributed by atoms with Crippen molar-refractivity contribution in [1.82, 2.24) is 4.90 Å². The summed E-state index contributed by atoms with van der Waals surface area (Å²) >= 11 is 6.30. The second-order valence-electron chi connectivity index (χ2n) is 8.75. The monoisotopic (exact) mass is 451 g/mol. The van der Waals surface area contributed by atoms with E-state index in [4.69, 9.17) is 11.6 Å². The van der Waals surface area contributed by atoms with Crippen LogP contribution < -0.4 is 0 Å². The quantitative estimate of drug-likeness (QED) is 0.552. The fraction of sp³-hybridized carbons (Fsp3) is 0.269. The summed E-state index contributed by atoms with van der Waals surface area (Å²) in [7, 11) is 0. The normalized spacial score (nSPS) is 19.7. The molecule has 1 amide bonds. The Morgan fingerprint density at radius 3 is 2.47 bits per heavy atom. The average Bonchev–Trinajstić information content (AvgIpc) is 3.56. The van der Waals surface area contributed by atoms with Crippen molar-refractivity contribution in [2.24, 2.45) is 5.41 Å². The van der Waals surface area contributed by atoms with Crippen LogP contribution in [0.4, 0.5) is 4.39 Å². The molecule has 0 aromatic heterocycles. The zero-order chi connectivity index (χ0) is 22.5. The molecule has 1 aliphatic carbocycles. The number of amides is 1. The number of fused-ring (bicyclic) bond motifs is 1. The highest BCUT2D eigenvalue weighted by Crippen LogP contribution is 2.56. The molecule has 0 saturated heterocycles. The molecule has 1 saturated carbocycles. The summed E-state index contributed by atoms with van der Waals surface area (Å²) in [5, 5.41) is 21.6. The van der Waals surface area contributed by atoms with Crippen molar-refractivity contribution >= 4 is 17.5 Å². The van der Waals surface area contributed by atoms with Crippen molar-refractivity contribution in [3.8, 4) is 0 Å². The lowest BCUT2D eigenvalue weighted by Gasteiger charge is -2.30. The van der Waals surface area contributed by atoms with Crippen LogP contribution in [0, 0.1) is 11.2 Å². The number of aliphatic hydroxyl groups is 2. The van der Waals surface area contributed by atoms with Gasteiger partial charge in [0.25, 0.3) is 5.91 Å². The van der Waals surface area contributed by atoms with Crippen LogP contribution in [0.15, 0.2) is 66.7 Å². The summed E-state index contributed by atoms with van der Waals surface area (Å²) in [6.07, 6.45) is 0.573. The molecule has 3 aromatic rings. The second-order valence-corrected chi connectivity index (χ2v) is 9.18. The molecule has 0 spiro atoms. The molecule has 2 atom stereocenters. The van der Waals surface area contributed by atoms with Crippen LogP contribution >= 0.6 is 11.6 Å². The van der Waals surface area contributed by atoms with E-state index in [9.17, 15) is 19.4 Å². The van der Waals surface area contributed by atoms with Crippen LogP contribution in [0.3, 0.4) is 0 Å². The number of halogens is 2. The molecule has 2 aliphatic rings. The molecule has 0 bridgehead atoms. The largest absolute Gasteiger partial charge is 0.396 e. The molecule has 6 heteroatoms. The lowest BCUT2D eigenvalue weighted by atomic mass is 9.86. The van der Waals surface area contributed by atoms with Crippen molar-refractivity contribution in [3.63, 3.8) is 0 Å². The first-order valence-electron chi connectivity index (χ1n) is 10.7. The summed E-state index contributed by atoms with van der Waals surface area (Å²) in [6, 6.07) is 18.5. The van der Waals surface area contributed by atoms with Crippen molar-refractivity contribution in [3.05, 3.63) is 105 Å². The van der Waals surface area contributed by atoms with Gasteiger partial charge in [0.2, 0.25) is 0 Å². The smallest absolute Gasteiger partial charge is 0.255 e. The Labute approximate surface area is 190 Å². The Balaban J connectivity index is 1.62. The van der Waals surface area contributed by atoms with Crippen LogP contribution in [0.2, 0.25) is 5.02 Å². The summed E-state index contributed by atoms with van der Waals surface area (Å²) in [5.74, 6) is -0.447. The third kappa shape index (κ3) is 3.51. The zero-order valence-electron chi connectivity index (χ0n) is 17.3. The summed E-state index contributed by atoms with van der Waals surface area (Å²) in [4.78, 5) is 15.1. The van der Waals surface area contributed by atoms with E-state index < -0.39 is 17.6 Å². The van der Waals surface area contributed by atoms with E-state index in [1.165, 1.54) is 12.1 Å². The van der Waals surface area contributed by atoms with Gasteiger partial charge in [-0.2, -0.15) is 0 Å². The van der Waals surface area contributed by atoms with Gasteiger partial charge in [0.1, 0.15) is 5.82 Å². The topological polar surface area (TPSA) is 60.8 Å². The SMILES string of the molecule is O=C1c2ccccc2C(c2ccc(Cl)cc2C(O)C2(CO)CC2)N1Cc1ccc(F)cc1. The highest BCUT2D eigenvalue weighted by molar-refractivity contribution is 6.30. The van der Waals surface area contributed by atoms with E-state index in [0.29, 0.717) is 22.7 Å². The maximum Gasteiger partial charge on any atom is 0.255 e. The number of hydrogen-bond acceptors (Lipinski definition) is 3. The lowest BCUT2D eigenvalue weighted by Crippen LogP contribution is -2.30. The predicted molar refractivity (Wildman–Crippen MR) is 120 cm³/mol. The third-order valence-corrected chi connectivity index (χ3v) is 6.98. The Morgan fingerprint density at radius 2 is 1.78 bits per heavy atom. The first-order chi connectivity index (χ1) is 15.4. The van der Waals surface area contributed by atoms with Gasteiger partial charge in [-0.3, -0.25) is 4.79 Å². The highest BCUT2D eigenvalue weighted by Gasteiger charge is 2.50. The van der Waals surface area contributed by atoms with E-state index in [2.05, 4.69) is 0 Å². The Hall–Kier alpha value is -2.73. The molecule has 1 aliphatic heterocycles. The standard InChI is InChI=1S/C26H23ClFNO3/c27-17-7-10-20(22(13-17)24(31)26(15-30)11-12-26)23-19-3-1-2-4-21(19)25(32)29(23)14-16-5-8-18(28)9-6-16/h1-10,13,23-24,30-31H,11-12,14-15H2. The van der Waals surface area contributed by atoms with Gasteiger partial charge < -0.3 is 15.1 Å². The summed E-state index contributed by atoms with van der Waals surface area (Å²) in [6.45, 7) is 0.182. The molecule has 0 radical (unpaired) electrons. The molecule has 5 rings (SSSR count). The first kappa shape index (κ1) is 21.1. The van der Waals surface area contributed by atoms with Crippen LogP contribution in [0.25, 0.3) is 0 Å². The fourth-order valence-electron chi connectivity index (χ4n) is 4.69. The van der Waals surface area contributed by atoms with Crippen molar-refractivity contribution in [2.75, 3.05) is 6.61 Å². The van der Waals surface area contributed by atoms with Crippen LogP contribution in [0.1, 0.15) is 57.6 Å². The van der Waals surface area contributed by atoms with E-state index in [1.54, 1.807) is 35.2 Å². The summed E-state index contributed by atoms with van der Waals surface area (Å²) in [5.41, 5.74) is 3.11. The Bertz CT molecular complexity index is 1180. The number of benzene rings is 3. The number of carbonyl (C=O) groups excluding carboxylic acids is 1. The Kier molecular flexibility index (Phi) is 5.28. The molecule has 2 unspecified atom stereocenters. The minimum atomic E-state index is -0.892. The van der Waals surface area contributed by atoms with Gasteiger partial charge in [0.15, 0.2) is 0 Å². The van der Waals surface area contributed by atoms with E-state index in [-0.39, 0.29) is 18.3 Å². The van der Waals surface area contributed by atoms with Crippen LogP contribution in [-0.4, -0.2) is 27.6 Å². The maximum atomic E-state index is 13.4. The number of aliphatic hydroxyl groups excluding tert-OH is 2. The number of rotatable bonds is 6. The molecular weight excluding hydrogens is 429 g/mol. The minimum Gasteiger partial charge on any atom is -0.396 e. The van der Waals surface area contributed by atoms with Crippen LogP contribution in [0.5, 0.6) is 0 Å². The zero-order valence-corrected chi connectivity index (χ0v) is 18.1. The van der Waals surface area contributed by atoms with Crippen molar-refractivity contribution < 1.29 is 19.4 Å². The van der Waals surface area contributed by atoms with E-state index in [0.717, 1.165) is 29.5 Å².